The van der Waals surface area contributed by atoms with Gasteiger partial charge in [0.1, 0.15) is 12.9 Å². The normalized spacial score (nSPS) is 12.0. The first kappa shape index (κ1) is 23.8. The molecule has 0 aliphatic carbocycles. The van der Waals surface area contributed by atoms with E-state index in [1.54, 1.807) is 0 Å². The number of aromatic nitrogens is 2. The fourth-order valence-electron chi connectivity index (χ4n) is 5.44. The molecule has 3 heteroatoms. The van der Waals surface area contributed by atoms with Crippen LogP contribution in [0.3, 0.4) is 0 Å². The SMILES string of the molecule is C[n+]1ccc(-c2ccc(-c3ccccc3)cc2)cc1-c1cccc(N2c3ccccc3C=Cc3cccnc32)c1. The number of benzene rings is 4. The number of pyridine rings is 2. The lowest BCUT2D eigenvalue weighted by Crippen LogP contribution is -2.30. The van der Waals surface area contributed by atoms with E-state index in [0.29, 0.717) is 0 Å². The van der Waals surface area contributed by atoms with Gasteiger partial charge in [-0.25, -0.2) is 9.55 Å². The molecule has 0 radical (unpaired) electrons. The molecule has 7 rings (SSSR count). The van der Waals surface area contributed by atoms with E-state index in [9.17, 15) is 0 Å². The number of hydrogen-bond donors (Lipinski definition) is 0. The van der Waals surface area contributed by atoms with Crippen LogP contribution in [-0.4, -0.2) is 4.98 Å². The highest BCUT2D eigenvalue weighted by molar-refractivity contribution is 5.92. The molecule has 0 amide bonds. The van der Waals surface area contributed by atoms with Crippen molar-refractivity contribution in [3.8, 4) is 33.5 Å². The number of nitrogens with zero attached hydrogens (tertiary/aromatic N) is 3. The Morgan fingerprint density at radius 3 is 2.08 bits per heavy atom. The fraction of sp³-hybridized carbons (Fsp3) is 0.0270. The van der Waals surface area contributed by atoms with Crippen LogP contribution in [0.25, 0.3) is 45.7 Å². The van der Waals surface area contributed by atoms with E-state index >= 15 is 0 Å². The van der Waals surface area contributed by atoms with Crippen LogP contribution in [0.4, 0.5) is 17.2 Å². The molecule has 3 nitrogen and oxygen atoms in total. The number of rotatable bonds is 4. The summed E-state index contributed by atoms with van der Waals surface area (Å²) in [5.74, 6) is 0.928. The second kappa shape index (κ2) is 10.1. The molecular formula is C37H28N3+. The van der Waals surface area contributed by atoms with Crippen molar-refractivity contribution in [2.45, 2.75) is 0 Å². The molecule has 190 valence electrons. The summed E-state index contributed by atoms with van der Waals surface area (Å²) in [6.07, 6.45) is 8.33. The van der Waals surface area contributed by atoms with Crippen LogP contribution < -0.4 is 9.47 Å². The number of para-hydroxylation sites is 1. The van der Waals surface area contributed by atoms with Crippen molar-refractivity contribution < 1.29 is 4.57 Å². The van der Waals surface area contributed by atoms with E-state index in [1.165, 1.54) is 22.3 Å². The first-order valence-electron chi connectivity index (χ1n) is 13.5. The third-order valence-electron chi connectivity index (χ3n) is 7.52. The van der Waals surface area contributed by atoms with Gasteiger partial charge in [-0.15, -0.1) is 0 Å². The molecule has 1 aliphatic rings. The van der Waals surface area contributed by atoms with E-state index in [1.807, 2.05) is 12.3 Å². The van der Waals surface area contributed by atoms with Gasteiger partial charge >= 0.3 is 0 Å². The van der Waals surface area contributed by atoms with Gasteiger partial charge in [0.25, 0.3) is 0 Å². The lowest BCUT2D eigenvalue weighted by molar-refractivity contribution is -0.660. The number of fused-ring (bicyclic) bond motifs is 2. The molecule has 0 bridgehead atoms. The van der Waals surface area contributed by atoms with Crippen LogP contribution in [-0.2, 0) is 7.05 Å². The summed E-state index contributed by atoms with van der Waals surface area (Å²) in [5.41, 5.74) is 11.6. The fourth-order valence-corrected chi connectivity index (χ4v) is 5.44. The highest BCUT2D eigenvalue weighted by Crippen LogP contribution is 2.41. The Kier molecular flexibility index (Phi) is 6.02. The van der Waals surface area contributed by atoms with Gasteiger partial charge in [0.05, 0.1) is 5.69 Å². The van der Waals surface area contributed by atoms with E-state index in [2.05, 4.69) is 156 Å². The van der Waals surface area contributed by atoms with Gasteiger partial charge < -0.3 is 0 Å². The predicted octanol–water partition coefficient (Wildman–Crippen LogP) is 8.86. The summed E-state index contributed by atoms with van der Waals surface area (Å²) in [4.78, 5) is 7.07. The van der Waals surface area contributed by atoms with Crippen LogP contribution in [0.1, 0.15) is 11.1 Å². The van der Waals surface area contributed by atoms with Gasteiger partial charge in [0, 0.05) is 35.1 Å². The summed E-state index contributed by atoms with van der Waals surface area (Å²) in [6.45, 7) is 0. The Morgan fingerprint density at radius 1 is 0.550 bits per heavy atom. The van der Waals surface area contributed by atoms with Crippen molar-refractivity contribution in [2.24, 2.45) is 7.05 Å². The largest absolute Gasteiger partial charge is 0.294 e. The first-order valence-corrected chi connectivity index (χ1v) is 13.5. The number of anilines is 3. The zero-order valence-electron chi connectivity index (χ0n) is 22.3. The molecule has 1 aliphatic heterocycles. The minimum absolute atomic E-state index is 0.928. The highest BCUT2D eigenvalue weighted by Gasteiger charge is 2.22. The average molecular weight is 515 g/mol. The maximum absolute atomic E-state index is 4.81. The van der Waals surface area contributed by atoms with Crippen LogP contribution >= 0.6 is 0 Å². The van der Waals surface area contributed by atoms with E-state index < -0.39 is 0 Å². The molecule has 4 aromatic carbocycles. The summed E-state index contributed by atoms with van der Waals surface area (Å²) in [7, 11) is 2.10. The molecular weight excluding hydrogens is 486 g/mol. The average Bonchev–Trinajstić information content (AvgIpc) is 3.19. The molecule has 0 N–H and O–H groups in total. The predicted molar refractivity (Wildman–Crippen MR) is 165 cm³/mol. The topological polar surface area (TPSA) is 20.0 Å². The second-order valence-corrected chi connectivity index (χ2v) is 10.0. The summed E-state index contributed by atoms with van der Waals surface area (Å²) < 4.78 is 2.19. The van der Waals surface area contributed by atoms with E-state index in [4.69, 9.17) is 4.98 Å². The van der Waals surface area contributed by atoms with Crippen LogP contribution in [0.2, 0.25) is 0 Å². The van der Waals surface area contributed by atoms with Gasteiger partial charge in [-0.1, -0.05) is 91.0 Å². The van der Waals surface area contributed by atoms with Crippen molar-refractivity contribution in [3.05, 3.63) is 151 Å². The molecule has 40 heavy (non-hydrogen) atoms. The summed E-state index contributed by atoms with van der Waals surface area (Å²) >= 11 is 0. The molecule has 0 saturated heterocycles. The first-order chi connectivity index (χ1) is 19.7. The highest BCUT2D eigenvalue weighted by atomic mass is 15.2. The summed E-state index contributed by atoms with van der Waals surface area (Å²) in [5, 5.41) is 0. The molecule has 0 fully saturated rings. The van der Waals surface area contributed by atoms with Crippen LogP contribution in [0.15, 0.2) is 140 Å². The number of hydrogen-bond acceptors (Lipinski definition) is 2. The van der Waals surface area contributed by atoms with Crippen molar-refractivity contribution in [1.82, 2.24) is 4.98 Å². The third kappa shape index (κ3) is 4.38. The minimum Gasteiger partial charge on any atom is -0.294 e. The Bertz CT molecular complexity index is 1800. The molecule has 0 atom stereocenters. The quantitative estimate of drug-likeness (QED) is 0.219. The van der Waals surface area contributed by atoms with Crippen LogP contribution in [0.5, 0.6) is 0 Å². The second-order valence-electron chi connectivity index (χ2n) is 10.0. The Labute approximate surface area is 235 Å². The minimum atomic E-state index is 0.928. The van der Waals surface area contributed by atoms with Crippen LogP contribution in [0, 0.1) is 0 Å². The van der Waals surface area contributed by atoms with Crippen molar-refractivity contribution in [1.29, 1.82) is 0 Å². The molecule has 0 unspecified atom stereocenters. The molecule has 0 spiro atoms. The van der Waals surface area contributed by atoms with Gasteiger partial charge in [-0.3, -0.25) is 4.90 Å². The molecule has 3 heterocycles. The lowest BCUT2D eigenvalue weighted by Gasteiger charge is -2.26. The maximum atomic E-state index is 4.81. The summed E-state index contributed by atoms with van der Waals surface area (Å²) in [6, 6.07) is 45.1. The smallest absolute Gasteiger partial charge is 0.212 e. The Hall–Kier alpha value is -5.28. The Balaban J connectivity index is 1.29. The standard InChI is InChI=1S/C37H28N3/c1-39-24-22-32(29-18-16-28(17-19-29)27-9-3-2-4-10-27)26-36(39)33-12-7-14-34(25-33)40-35-15-6-5-11-30(35)20-21-31-13-8-23-38-37(31)40/h2-26H,1H3/q+1. The van der Waals surface area contributed by atoms with Crippen molar-refractivity contribution in [3.63, 3.8) is 0 Å². The Morgan fingerprint density at radius 2 is 1.23 bits per heavy atom. The van der Waals surface area contributed by atoms with Gasteiger partial charge in [0.15, 0.2) is 6.20 Å². The van der Waals surface area contributed by atoms with Gasteiger partial charge in [0.2, 0.25) is 5.69 Å². The zero-order chi connectivity index (χ0) is 26.9. The number of aryl methyl sites for hydroxylation is 1. The maximum Gasteiger partial charge on any atom is 0.212 e. The van der Waals surface area contributed by atoms with Gasteiger partial charge in [-0.05, 0) is 64.2 Å². The molecule has 6 aromatic rings. The molecule has 0 saturated carbocycles. The zero-order valence-corrected chi connectivity index (χ0v) is 22.3. The molecule has 2 aromatic heterocycles. The van der Waals surface area contributed by atoms with E-state index in [-0.39, 0.29) is 0 Å². The van der Waals surface area contributed by atoms with Crippen molar-refractivity contribution in [2.75, 3.05) is 4.90 Å². The van der Waals surface area contributed by atoms with E-state index in [0.717, 1.165) is 39.6 Å². The third-order valence-corrected chi connectivity index (χ3v) is 7.52. The monoisotopic (exact) mass is 514 g/mol. The van der Waals surface area contributed by atoms with Crippen molar-refractivity contribution >= 4 is 29.3 Å². The lowest BCUT2D eigenvalue weighted by atomic mass is 9.99. The van der Waals surface area contributed by atoms with Gasteiger partial charge in [-0.2, -0.15) is 0 Å².